The first-order chi connectivity index (χ1) is 19.4. The Morgan fingerprint density at radius 1 is 1.05 bits per heavy atom. The molecule has 0 aromatic heterocycles. The van der Waals surface area contributed by atoms with E-state index in [1.165, 1.54) is 56.9 Å². The van der Waals surface area contributed by atoms with Gasteiger partial charge in [0.1, 0.15) is 12.1 Å². The number of hydrogen-bond donors (Lipinski definition) is 2. The molecule has 3 aromatic rings. The molecule has 4 rings (SSSR count). The van der Waals surface area contributed by atoms with Crippen LogP contribution < -0.4 is 10.2 Å². The zero-order valence-electron chi connectivity index (χ0n) is 23.5. The number of methoxy groups -OCH3 is 1. The Balaban J connectivity index is 0.000000472. The van der Waals surface area contributed by atoms with E-state index in [1.807, 2.05) is 67.5 Å². The fraction of sp³-hybridized carbons (Fsp3) is 0.303. The molecule has 0 amide bonds. The first-order valence-electron chi connectivity index (χ1n) is 13.5. The molecule has 1 aliphatic rings. The summed E-state index contributed by atoms with van der Waals surface area (Å²) in [5.41, 5.74) is 6.20. The lowest BCUT2D eigenvalue weighted by molar-refractivity contribution is -0.134. The van der Waals surface area contributed by atoms with Crippen molar-refractivity contribution in [1.29, 1.82) is 5.41 Å². The van der Waals surface area contributed by atoms with E-state index in [0.717, 1.165) is 47.1 Å². The van der Waals surface area contributed by atoms with E-state index in [4.69, 9.17) is 5.41 Å². The van der Waals surface area contributed by atoms with Gasteiger partial charge in [-0.3, -0.25) is 0 Å². The van der Waals surface area contributed by atoms with Crippen molar-refractivity contribution >= 4 is 35.9 Å². The number of carbonyl (C=O) groups is 2. The first kappa shape index (κ1) is 30.3. The molecule has 7 heteroatoms. The highest BCUT2D eigenvalue weighted by Gasteiger charge is 2.11. The van der Waals surface area contributed by atoms with Crippen LogP contribution in [0.5, 0.6) is 0 Å². The smallest absolute Gasteiger partial charge is 0.330 e. The lowest BCUT2D eigenvalue weighted by Crippen LogP contribution is -2.16. The molecule has 3 aromatic carbocycles. The number of hydrogen-bond acceptors (Lipinski definition) is 6. The van der Waals surface area contributed by atoms with E-state index >= 15 is 0 Å². The van der Waals surface area contributed by atoms with Crippen molar-refractivity contribution in [3.63, 3.8) is 0 Å². The summed E-state index contributed by atoms with van der Waals surface area (Å²) < 4.78 is 18.7. The Morgan fingerprint density at radius 3 is 2.35 bits per heavy atom. The number of esters is 1. The van der Waals surface area contributed by atoms with Gasteiger partial charge in [-0.25, -0.2) is 9.18 Å². The molecule has 210 valence electrons. The van der Waals surface area contributed by atoms with Crippen LogP contribution in [0.15, 0.2) is 66.7 Å². The molecule has 0 unspecified atom stereocenters. The van der Waals surface area contributed by atoms with Crippen molar-refractivity contribution in [3.05, 3.63) is 89.2 Å². The van der Waals surface area contributed by atoms with Gasteiger partial charge in [-0.1, -0.05) is 49.6 Å². The largest absolute Gasteiger partial charge is 0.466 e. The lowest BCUT2D eigenvalue weighted by Gasteiger charge is -2.20. The van der Waals surface area contributed by atoms with Crippen LogP contribution in [-0.2, 0) is 20.9 Å². The number of benzene rings is 3. The van der Waals surface area contributed by atoms with E-state index in [1.54, 1.807) is 0 Å². The van der Waals surface area contributed by atoms with Crippen LogP contribution >= 0.6 is 0 Å². The third-order valence-electron chi connectivity index (χ3n) is 6.98. The van der Waals surface area contributed by atoms with Crippen LogP contribution in [0.25, 0.3) is 17.2 Å². The normalized spacial score (nSPS) is 13.2. The van der Waals surface area contributed by atoms with Crippen molar-refractivity contribution in [2.75, 3.05) is 31.4 Å². The molecular formula is C33H38FN3O3. The number of halogens is 1. The third kappa shape index (κ3) is 8.90. The van der Waals surface area contributed by atoms with Crippen molar-refractivity contribution in [3.8, 4) is 11.1 Å². The van der Waals surface area contributed by atoms with Gasteiger partial charge >= 0.3 is 5.97 Å². The molecule has 0 heterocycles. The van der Waals surface area contributed by atoms with Gasteiger partial charge in [-0.2, -0.15) is 0 Å². The molecule has 0 aliphatic heterocycles. The van der Waals surface area contributed by atoms with Gasteiger partial charge in [-0.05, 0) is 71.5 Å². The van der Waals surface area contributed by atoms with E-state index in [9.17, 15) is 14.0 Å². The maximum atomic E-state index is 14.1. The molecule has 0 atom stereocenters. The number of ether oxygens (including phenoxy) is 1. The maximum Gasteiger partial charge on any atom is 0.330 e. The van der Waals surface area contributed by atoms with Crippen LogP contribution in [-0.4, -0.2) is 39.7 Å². The van der Waals surface area contributed by atoms with E-state index < -0.39 is 5.97 Å². The van der Waals surface area contributed by atoms with Crippen molar-refractivity contribution in [2.24, 2.45) is 5.92 Å². The summed E-state index contributed by atoms with van der Waals surface area (Å²) in [6.07, 6.45) is 11.4. The van der Waals surface area contributed by atoms with Crippen molar-refractivity contribution < 1.29 is 18.7 Å². The second-order valence-electron chi connectivity index (χ2n) is 9.88. The van der Waals surface area contributed by atoms with Crippen LogP contribution in [0, 0.1) is 17.1 Å². The summed E-state index contributed by atoms with van der Waals surface area (Å²) in [4.78, 5) is 23.4. The molecule has 1 fully saturated rings. The Hall–Kier alpha value is -4.26. The highest BCUT2D eigenvalue weighted by molar-refractivity contribution is 5.88. The molecule has 1 saturated carbocycles. The minimum atomic E-state index is -0.488. The third-order valence-corrected chi connectivity index (χ3v) is 6.98. The highest BCUT2D eigenvalue weighted by Crippen LogP contribution is 2.26. The first-order valence-corrected chi connectivity index (χ1v) is 13.5. The predicted molar refractivity (Wildman–Crippen MR) is 162 cm³/mol. The number of rotatable bonds is 9. The average Bonchev–Trinajstić information content (AvgIpc) is 3.00. The topological polar surface area (TPSA) is 82.5 Å². The lowest BCUT2D eigenvalue weighted by atomic mass is 9.91. The second-order valence-corrected chi connectivity index (χ2v) is 9.88. The predicted octanol–water partition coefficient (Wildman–Crippen LogP) is 7.12. The second kappa shape index (κ2) is 15.4. The van der Waals surface area contributed by atoms with Crippen molar-refractivity contribution in [1.82, 2.24) is 0 Å². The number of carbonyl (C=O) groups excluding carboxylic acids is 2. The molecule has 2 N–H and O–H groups in total. The van der Waals surface area contributed by atoms with Gasteiger partial charge in [0.05, 0.1) is 7.11 Å². The number of anilines is 2. The van der Waals surface area contributed by atoms with Gasteiger partial charge in [0.2, 0.25) is 0 Å². The molecule has 0 spiro atoms. The Morgan fingerprint density at radius 2 is 1.75 bits per heavy atom. The Labute approximate surface area is 236 Å². The molecule has 0 radical (unpaired) electrons. The van der Waals surface area contributed by atoms with Crippen LogP contribution in [0.1, 0.15) is 48.8 Å². The quantitative estimate of drug-likeness (QED) is 0.130. The van der Waals surface area contributed by atoms with Crippen LogP contribution in [0.3, 0.4) is 0 Å². The monoisotopic (exact) mass is 543 g/mol. The summed E-state index contributed by atoms with van der Waals surface area (Å²) >= 11 is 0. The summed E-state index contributed by atoms with van der Waals surface area (Å²) in [6, 6.07) is 18.8. The highest BCUT2D eigenvalue weighted by atomic mass is 19.1. The molecule has 0 bridgehead atoms. The SMILES string of the molecule is CNc1ccc(-c2ccc(CN(C)c3cc(F)cc(/C=C/C(=O)OC)c3)cc2)cc1C=N.O=CC1CCCCC1. The summed E-state index contributed by atoms with van der Waals surface area (Å²) in [7, 11) is 5.03. The van der Waals surface area contributed by atoms with Gasteiger partial charge in [-0.15, -0.1) is 0 Å². The average molecular weight is 544 g/mol. The summed E-state index contributed by atoms with van der Waals surface area (Å²) in [5, 5.41) is 10.7. The fourth-order valence-electron chi connectivity index (χ4n) is 4.67. The zero-order chi connectivity index (χ0) is 28.9. The maximum absolute atomic E-state index is 14.1. The summed E-state index contributed by atoms with van der Waals surface area (Å²) in [6.45, 7) is 0.592. The minimum Gasteiger partial charge on any atom is -0.466 e. The van der Waals surface area contributed by atoms with Crippen molar-refractivity contribution in [2.45, 2.75) is 38.6 Å². The summed E-state index contributed by atoms with van der Waals surface area (Å²) in [5.74, 6) is -0.456. The van der Waals surface area contributed by atoms with Crippen LogP contribution in [0.2, 0.25) is 0 Å². The van der Waals surface area contributed by atoms with Crippen LogP contribution in [0.4, 0.5) is 15.8 Å². The standard InChI is InChI=1S/C26H26FN3O2.C7H12O/c1-29-25-10-9-21(14-22(25)16-28)20-7-4-18(5-8-20)17-30(2)24-13-19(12-23(27)15-24)6-11-26(31)32-3;8-6-7-4-2-1-3-5-7/h4-16,28-29H,17H2,1-3H3;6-7H,1-5H2/b11-6+,28-16?;. The molecule has 0 saturated heterocycles. The Bertz CT molecular complexity index is 1320. The van der Waals surface area contributed by atoms with E-state index in [-0.39, 0.29) is 5.82 Å². The fourth-order valence-corrected chi connectivity index (χ4v) is 4.67. The van der Waals surface area contributed by atoms with Gasteiger partial charge in [0.15, 0.2) is 0 Å². The molecule has 6 nitrogen and oxygen atoms in total. The molecule has 1 aliphatic carbocycles. The molecule has 40 heavy (non-hydrogen) atoms. The van der Waals surface area contributed by atoms with Gasteiger partial charge in [0.25, 0.3) is 0 Å². The van der Waals surface area contributed by atoms with E-state index in [0.29, 0.717) is 23.7 Å². The zero-order valence-corrected chi connectivity index (χ0v) is 23.5. The Kier molecular flexibility index (Phi) is 11.6. The number of aldehydes is 1. The van der Waals surface area contributed by atoms with E-state index in [2.05, 4.69) is 10.1 Å². The number of nitrogens with zero attached hydrogens (tertiary/aromatic N) is 1. The molecular weight excluding hydrogens is 505 g/mol. The minimum absolute atomic E-state index is 0.374. The number of nitrogens with one attached hydrogen (secondary N) is 2. The van der Waals surface area contributed by atoms with Gasteiger partial charge < -0.3 is 25.2 Å². The van der Waals surface area contributed by atoms with Gasteiger partial charge in [0, 0.05) is 55.8 Å².